The van der Waals surface area contributed by atoms with Gasteiger partial charge in [-0.1, -0.05) is 0 Å². The number of fused-ring (bicyclic) bond motifs is 1. The van der Waals surface area contributed by atoms with Gasteiger partial charge in [-0.3, -0.25) is 9.20 Å². The van der Waals surface area contributed by atoms with Gasteiger partial charge in [-0.2, -0.15) is 0 Å². The zero-order chi connectivity index (χ0) is 19.7. The molecule has 0 spiro atoms. The second kappa shape index (κ2) is 7.38. The Morgan fingerprint density at radius 1 is 1.04 bits per heavy atom. The third-order valence-electron chi connectivity index (χ3n) is 5.06. The van der Waals surface area contributed by atoms with E-state index in [1.807, 2.05) is 39.8 Å². The topological polar surface area (TPSA) is 72.2 Å². The van der Waals surface area contributed by atoms with E-state index in [1.165, 1.54) is 0 Å². The molecule has 1 aliphatic rings. The summed E-state index contributed by atoms with van der Waals surface area (Å²) >= 11 is 0. The standard InChI is InChI=1S/C20H23N5O3/c1-14(26)23-8-10-24(11-9-23)20-22-16(13-19-21-6-7-25(19)20)15-4-5-17(27-2)18(12-15)28-3/h4-7,12-13H,8-11H2,1-3H3. The van der Waals surface area contributed by atoms with E-state index in [0.29, 0.717) is 24.6 Å². The quantitative estimate of drug-likeness (QED) is 0.689. The van der Waals surface area contributed by atoms with Crippen LogP contribution in [0.3, 0.4) is 0 Å². The molecule has 1 fully saturated rings. The van der Waals surface area contributed by atoms with E-state index in [-0.39, 0.29) is 5.91 Å². The number of methoxy groups -OCH3 is 2. The van der Waals surface area contributed by atoms with Crippen LogP contribution >= 0.6 is 0 Å². The molecule has 146 valence electrons. The van der Waals surface area contributed by atoms with Crippen LogP contribution in [-0.4, -0.2) is 65.6 Å². The number of amides is 1. The second-order valence-corrected chi connectivity index (χ2v) is 6.66. The summed E-state index contributed by atoms with van der Waals surface area (Å²) in [4.78, 5) is 25.0. The Kier molecular flexibility index (Phi) is 4.77. The van der Waals surface area contributed by atoms with E-state index < -0.39 is 0 Å². The number of ether oxygens (including phenoxy) is 2. The van der Waals surface area contributed by atoms with Crippen LogP contribution in [0.4, 0.5) is 5.95 Å². The number of carbonyl (C=O) groups is 1. The molecule has 4 rings (SSSR count). The van der Waals surface area contributed by atoms with Crippen LogP contribution < -0.4 is 14.4 Å². The maximum Gasteiger partial charge on any atom is 0.219 e. The summed E-state index contributed by atoms with van der Waals surface area (Å²) in [6, 6.07) is 7.70. The fraction of sp³-hybridized carbons (Fsp3) is 0.350. The van der Waals surface area contributed by atoms with Crippen LogP contribution in [-0.2, 0) is 4.79 Å². The number of benzene rings is 1. The number of rotatable bonds is 4. The Balaban J connectivity index is 1.73. The Labute approximate surface area is 163 Å². The van der Waals surface area contributed by atoms with Gasteiger partial charge >= 0.3 is 0 Å². The van der Waals surface area contributed by atoms with Crippen molar-refractivity contribution in [2.75, 3.05) is 45.3 Å². The number of hydrogen-bond donors (Lipinski definition) is 0. The van der Waals surface area contributed by atoms with Crippen molar-refractivity contribution in [3.05, 3.63) is 36.7 Å². The van der Waals surface area contributed by atoms with Gasteiger partial charge in [0.05, 0.1) is 19.9 Å². The van der Waals surface area contributed by atoms with Gasteiger partial charge in [0, 0.05) is 57.1 Å². The van der Waals surface area contributed by atoms with Crippen LogP contribution in [0.15, 0.2) is 36.7 Å². The molecule has 0 saturated carbocycles. The molecule has 0 radical (unpaired) electrons. The number of carbonyl (C=O) groups excluding carboxylic acids is 1. The van der Waals surface area contributed by atoms with Gasteiger partial charge in [0.15, 0.2) is 11.5 Å². The molecule has 3 heterocycles. The van der Waals surface area contributed by atoms with Gasteiger partial charge in [0.2, 0.25) is 11.9 Å². The van der Waals surface area contributed by atoms with Gasteiger partial charge in [-0.05, 0) is 18.2 Å². The van der Waals surface area contributed by atoms with Crippen molar-refractivity contribution in [1.82, 2.24) is 19.3 Å². The van der Waals surface area contributed by atoms with Crippen LogP contribution in [0.1, 0.15) is 6.92 Å². The molecule has 0 N–H and O–H groups in total. The summed E-state index contributed by atoms with van der Waals surface area (Å²) in [5.41, 5.74) is 2.55. The monoisotopic (exact) mass is 381 g/mol. The van der Waals surface area contributed by atoms with Crippen molar-refractivity contribution >= 4 is 17.5 Å². The van der Waals surface area contributed by atoms with Crippen molar-refractivity contribution in [1.29, 1.82) is 0 Å². The van der Waals surface area contributed by atoms with E-state index in [9.17, 15) is 4.79 Å². The number of piperazine rings is 1. The zero-order valence-electron chi connectivity index (χ0n) is 16.3. The Hall–Kier alpha value is -3.29. The van der Waals surface area contributed by atoms with Gasteiger partial charge in [-0.15, -0.1) is 0 Å². The summed E-state index contributed by atoms with van der Waals surface area (Å²) in [5, 5.41) is 0. The molecule has 1 aliphatic heterocycles. The smallest absolute Gasteiger partial charge is 0.219 e. The van der Waals surface area contributed by atoms with Crippen LogP contribution in [0.25, 0.3) is 16.9 Å². The summed E-state index contributed by atoms with van der Waals surface area (Å²) in [6.45, 7) is 4.45. The summed E-state index contributed by atoms with van der Waals surface area (Å²) in [6.07, 6.45) is 3.68. The van der Waals surface area contributed by atoms with E-state index in [4.69, 9.17) is 14.5 Å². The predicted octanol–water partition coefficient (Wildman–Crippen LogP) is 2.08. The molecule has 2 aromatic heterocycles. The highest BCUT2D eigenvalue weighted by Gasteiger charge is 2.22. The third-order valence-corrected chi connectivity index (χ3v) is 5.06. The lowest BCUT2D eigenvalue weighted by Crippen LogP contribution is -2.48. The van der Waals surface area contributed by atoms with E-state index >= 15 is 0 Å². The lowest BCUT2D eigenvalue weighted by molar-refractivity contribution is -0.129. The molecule has 0 aliphatic carbocycles. The van der Waals surface area contributed by atoms with E-state index in [1.54, 1.807) is 27.3 Å². The summed E-state index contributed by atoms with van der Waals surface area (Å²) in [7, 11) is 3.23. The fourth-order valence-corrected chi connectivity index (χ4v) is 3.49. The fourth-order valence-electron chi connectivity index (χ4n) is 3.49. The average molecular weight is 381 g/mol. The largest absolute Gasteiger partial charge is 0.493 e. The highest BCUT2D eigenvalue weighted by atomic mass is 16.5. The lowest BCUT2D eigenvalue weighted by atomic mass is 10.1. The van der Waals surface area contributed by atoms with Crippen LogP contribution in [0, 0.1) is 0 Å². The molecular weight excluding hydrogens is 358 g/mol. The molecule has 8 heteroatoms. The summed E-state index contributed by atoms with van der Waals surface area (Å²) < 4.78 is 12.7. The lowest BCUT2D eigenvalue weighted by Gasteiger charge is -2.35. The SMILES string of the molecule is COc1ccc(-c2cc3nccn3c(N3CCN(C(C)=O)CC3)n2)cc1OC. The van der Waals surface area contributed by atoms with E-state index in [2.05, 4.69) is 9.88 Å². The maximum atomic E-state index is 11.6. The zero-order valence-corrected chi connectivity index (χ0v) is 16.3. The molecule has 28 heavy (non-hydrogen) atoms. The number of imidazole rings is 1. The van der Waals surface area contributed by atoms with Crippen molar-refractivity contribution in [2.24, 2.45) is 0 Å². The highest BCUT2D eigenvalue weighted by Crippen LogP contribution is 2.32. The number of hydrogen-bond acceptors (Lipinski definition) is 6. The number of nitrogens with zero attached hydrogens (tertiary/aromatic N) is 5. The first kappa shape index (κ1) is 18.1. The maximum absolute atomic E-state index is 11.6. The molecule has 0 bridgehead atoms. The van der Waals surface area contributed by atoms with Gasteiger partial charge < -0.3 is 19.3 Å². The Morgan fingerprint density at radius 3 is 2.46 bits per heavy atom. The molecule has 1 saturated heterocycles. The minimum atomic E-state index is 0.111. The van der Waals surface area contributed by atoms with Crippen molar-refractivity contribution in [3.8, 4) is 22.8 Å². The molecular formula is C20H23N5O3. The van der Waals surface area contributed by atoms with Crippen LogP contribution in [0.2, 0.25) is 0 Å². The van der Waals surface area contributed by atoms with Gasteiger partial charge in [0.25, 0.3) is 0 Å². The number of anilines is 1. The van der Waals surface area contributed by atoms with Gasteiger partial charge in [-0.25, -0.2) is 9.97 Å². The number of aromatic nitrogens is 3. The first-order valence-electron chi connectivity index (χ1n) is 9.17. The Bertz CT molecular complexity index is 1010. The first-order chi connectivity index (χ1) is 13.6. The van der Waals surface area contributed by atoms with Crippen molar-refractivity contribution in [3.63, 3.8) is 0 Å². The van der Waals surface area contributed by atoms with E-state index in [0.717, 1.165) is 35.9 Å². The van der Waals surface area contributed by atoms with Crippen LogP contribution in [0.5, 0.6) is 11.5 Å². The van der Waals surface area contributed by atoms with Crippen molar-refractivity contribution < 1.29 is 14.3 Å². The Morgan fingerprint density at radius 2 is 1.79 bits per heavy atom. The second-order valence-electron chi connectivity index (χ2n) is 6.66. The minimum Gasteiger partial charge on any atom is -0.493 e. The average Bonchev–Trinajstić information content (AvgIpc) is 3.21. The molecule has 0 atom stereocenters. The normalized spacial score (nSPS) is 14.4. The van der Waals surface area contributed by atoms with Crippen molar-refractivity contribution in [2.45, 2.75) is 6.92 Å². The molecule has 1 aromatic carbocycles. The molecule has 3 aromatic rings. The van der Waals surface area contributed by atoms with Gasteiger partial charge in [0.1, 0.15) is 5.65 Å². The molecule has 1 amide bonds. The highest BCUT2D eigenvalue weighted by molar-refractivity contribution is 5.73. The third kappa shape index (κ3) is 3.21. The minimum absolute atomic E-state index is 0.111. The molecule has 8 nitrogen and oxygen atoms in total. The first-order valence-corrected chi connectivity index (χ1v) is 9.17. The molecule has 0 unspecified atom stereocenters. The summed E-state index contributed by atoms with van der Waals surface area (Å²) in [5.74, 6) is 2.26. The predicted molar refractivity (Wildman–Crippen MR) is 106 cm³/mol.